The van der Waals surface area contributed by atoms with E-state index >= 15 is 0 Å². The molecule has 5 rings (SSSR count). The van der Waals surface area contributed by atoms with Crippen molar-refractivity contribution >= 4 is 5.97 Å². The number of hydrogen-bond donors (Lipinski definition) is 1. The second kappa shape index (κ2) is 6.00. The number of allylic oxidation sites excluding steroid dienone is 8. The predicted molar refractivity (Wildman–Crippen MR) is 99.0 cm³/mol. The van der Waals surface area contributed by atoms with E-state index in [2.05, 4.69) is 24.3 Å². The van der Waals surface area contributed by atoms with E-state index in [9.17, 15) is 9.90 Å². The largest absolute Gasteiger partial charge is 0.481 e. The molecule has 2 nitrogen and oxygen atoms in total. The summed E-state index contributed by atoms with van der Waals surface area (Å²) in [6.07, 6.45) is 20.2. The highest BCUT2D eigenvalue weighted by Crippen LogP contribution is 2.53. The second-order valence-electron chi connectivity index (χ2n) is 8.78. The van der Waals surface area contributed by atoms with Crippen molar-refractivity contribution in [3.8, 4) is 0 Å². The molecule has 0 heterocycles. The molecule has 0 spiro atoms. The van der Waals surface area contributed by atoms with Crippen LogP contribution in [0.1, 0.15) is 57.8 Å². The van der Waals surface area contributed by atoms with E-state index in [-0.39, 0.29) is 5.92 Å². The van der Waals surface area contributed by atoms with Gasteiger partial charge in [-0.3, -0.25) is 4.79 Å². The Morgan fingerprint density at radius 2 is 1.52 bits per heavy atom. The zero-order valence-corrected chi connectivity index (χ0v) is 14.9. The van der Waals surface area contributed by atoms with Crippen LogP contribution in [0.3, 0.4) is 0 Å². The van der Waals surface area contributed by atoms with Crippen LogP contribution in [0.25, 0.3) is 0 Å². The summed E-state index contributed by atoms with van der Waals surface area (Å²) in [5.74, 6) is 2.05. The molecule has 5 aliphatic carbocycles. The van der Waals surface area contributed by atoms with Gasteiger partial charge in [-0.15, -0.1) is 0 Å². The number of carboxylic acids is 1. The van der Waals surface area contributed by atoms with E-state index in [4.69, 9.17) is 0 Å². The molecular weight excluding hydrogens is 308 g/mol. The minimum Gasteiger partial charge on any atom is -0.481 e. The van der Waals surface area contributed by atoms with Crippen LogP contribution in [0.2, 0.25) is 0 Å². The van der Waals surface area contributed by atoms with Crippen LogP contribution >= 0.6 is 0 Å². The summed E-state index contributed by atoms with van der Waals surface area (Å²) in [5, 5.41) is 9.49. The zero-order valence-electron chi connectivity index (χ0n) is 14.9. The lowest BCUT2D eigenvalue weighted by molar-refractivity contribution is -0.142. The Bertz CT molecular complexity index is 720. The van der Waals surface area contributed by atoms with E-state index in [1.807, 2.05) is 0 Å². The third-order valence-corrected chi connectivity index (χ3v) is 7.67. The lowest BCUT2D eigenvalue weighted by Crippen LogP contribution is -2.34. The van der Waals surface area contributed by atoms with Crippen LogP contribution in [0, 0.1) is 29.6 Å². The normalized spacial score (nSPS) is 39.4. The van der Waals surface area contributed by atoms with Gasteiger partial charge in [0, 0.05) is 0 Å². The molecule has 0 radical (unpaired) electrons. The Hall–Kier alpha value is -1.57. The van der Waals surface area contributed by atoms with Crippen LogP contribution in [0.4, 0.5) is 0 Å². The summed E-state index contributed by atoms with van der Waals surface area (Å²) >= 11 is 0. The molecule has 0 aromatic carbocycles. The zero-order chi connectivity index (χ0) is 17.0. The molecule has 2 heteroatoms. The van der Waals surface area contributed by atoms with Gasteiger partial charge in [-0.05, 0) is 98.2 Å². The number of hydrogen-bond acceptors (Lipinski definition) is 1. The number of carboxylic acid groups (broad SMARTS) is 1. The first-order valence-electron chi connectivity index (χ1n) is 10.3. The molecule has 132 valence electrons. The minimum absolute atomic E-state index is 0.150. The van der Waals surface area contributed by atoms with Crippen LogP contribution < -0.4 is 0 Å². The number of fused-ring (bicyclic) bond motifs is 5. The topological polar surface area (TPSA) is 37.3 Å². The number of aliphatic carboxylic acids is 1. The van der Waals surface area contributed by atoms with Gasteiger partial charge < -0.3 is 5.11 Å². The highest BCUT2D eigenvalue weighted by Gasteiger charge is 2.42. The van der Waals surface area contributed by atoms with Gasteiger partial charge in [0.15, 0.2) is 0 Å². The van der Waals surface area contributed by atoms with Crippen molar-refractivity contribution in [2.24, 2.45) is 29.6 Å². The summed E-state index contributed by atoms with van der Waals surface area (Å²) < 4.78 is 0. The van der Waals surface area contributed by atoms with Gasteiger partial charge >= 0.3 is 5.97 Å². The van der Waals surface area contributed by atoms with E-state index in [1.165, 1.54) is 49.7 Å². The first-order chi connectivity index (χ1) is 12.2. The molecule has 0 aromatic rings. The van der Waals surface area contributed by atoms with E-state index in [0.717, 1.165) is 25.2 Å². The van der Waals surface area contributed by atoms with Crippen molar-refractivity contribution in [1.29, 1.82) is 0 Å². The summed E-state index contributed by atoms with van der Waals surface area (Å²) in [4.78, 5) is 11.5. The molecule has 0 amide bonds. The molecule has 0 bridgehead atoms. The summed E-state index contributed by atoms with van der Waals surface area (Å²) in [5.41, 5.74) is 6.29. The summed E-state index contributed by atoms with van der Waals surface area (Å²) in [7, 11) is 0. The van der Waals surface area contributed by atoms with Crippen molar-refractivity contribution in [2.75, 3.05) is 0 Å². The van der Waals surface area contributed by atoms with Gasteiger partial charge in [0.25, 0.3) is 0 Å². The molecule has 5 aliphatic rings. The van der Waals surface area contributed by atoms with Gasteiger partial charge in [-0.2, -0.15) is 0 Å². The molecule has 1 saturated carbocycles. The first-order valence-corrected chi connectivity index (χ1v) is 10.3. The summed E-state index contributed by atoms with van der Waals surface area (Å²) in [6, 6.07) is 0. The molecule has 1 fully saturated rings. The van der Waals surface area contributed by atoms with Gasteiger partial charge in [-0.1, -0.05) is 29.9 Å². The Balaban J connectivity index is 1.56. The van der Waals surface area contributed by atoms with Gasteiger partial charge in [0.05, 0.1) is 5.92 Å². The molecule has 5 unspecified atom stereocenters. The molecule has 5 atom stereocenters. The van der Waals surface area contributed by atoms with Crippen molar-refractivity contribution in [3.05, 3.63) is 46.6 Å². The average Bonchev–Trinajstić information content (AvgIpc) is 2.66. The summed E-state index contributed by atoms with van der Waals surface area (Å²) in [6.45, 7) is 0. The Morgan fingerprint density at radius 1 is 0.800 bits per heavy atom. The number of rotatable bonds is 1. The lowest BCUT2D eigenvalue weighted by Gasteiger charge is -2.45. The highest BCUT2D eigenvalue weighted by atomic mass is 16.4. The maximum atomic E-state index is 11.5. The monoisotopic (exact) mass is 336 g/mol. The van der Waals surface area contributed by atoms with Gasteiger partial charge in [0.1, 0.15) is 0 Å². The SMILES string of the molecule is O=C(O)C1CCC2CCC3C(=C2C1)C=CC1=C2C=CCCC2CCC13. The average molecular weight is 336 g/mol. The van der Waals surface area contributed by atoms with Crippen LogP contribution in [0.15, 0.2) is 46.6 Å². The maximum Gasteiger partial charge on any atom is 0.306 e. The Labute approximate surface area is 150 Å². The van der Waals surface area contributed by atoms with E-state index < -0.39 is 5.97 Å². The lowest BCUT2D eigenvalue weighted by atomic mass is 9.59. The Kier molecular flexibility index (Phi) is 3.76. The predicted octanol–water partition coefficient (Wildman–Crippen LogP) is 5.44. The fraction of sp³-hybridized carbons (Fsp3) is 0.609. The van der Waals surface area contributed by atoms with Crippen LogP contribution in [-0.4, -0.2) is 11.1 Å². The second-order valence-corrected chi connectivity index (χ2v) is 8.78. The van der Waals surface area contributed by atoms with Crippen molar-refractivity contribution < 1.29 is 9.90 Å². The van der Waals surface area contributed by atoms with Crippen molar-refractivity contribution in [1.82, 2.24) is 0 Å². The fourth-order valence-electron chi connectivity index (χ4n) is 6.42. The van der Waals surface area contributed by atoms with Gasteiger partial charge in [0.2, 0.25) is 0 Å². The maximum absolute atomic E-state index is 11.5. The van der Waals surface area contributed by atoms with Gasteiger partial charge in [-0.25, -0.2) is 0 Å². The molecular formula is C23H28O2. The minimum atomic E-state index is -0.593. The van der Waals surface area contributed by atoms with Crippen molar-refractivity contribution in [3.63, 3.8) is 0 Å². The molecule has 25 heavy (non-hydrogen) atoms. The molecule has 1 N–H and O–H groups in total. The van der Waals surface area contributed by atoms with E-state index in [1.54, 1.807) is 11.1 Å². The molecule has 0 aliphatic heterocycles. The van der Waals surface area contributed by atoms with Crippen LogP contribution in [0.5, 0.6) is 0 Å². The molecule has 0 saturated heterocycles. The third kappa shape index (κ3) is 2.48. The quantitative estimate of drug-likeness (QED) is 0.692. The standard InChI is InChI=1S/C23H28O2/c24-23(25)16-6-5-15-8-10-20-19-9-7-14-3-1-2-4-17(14)18(19)11-12-21(20)22(15)13-16/h2,4,11-12,14-16,19-20H,1,3,5-10,13H2,(H,24,25). The van der Waals surface area contributed by atoms with Crippen molar-refractivity contribution in [2.45, 2.75) is 57.8 Å². The van der Waals surface area contributed by atoms with Crippen LogP contribution in [-0.2, 0) is 4.79 Å². The molecule has 0 aromatic heterocycles. The smallest absolute Gasteiger partial charge is 0.306 e. The Morgan fingerprint density at radius 3 is 2.36 bits per heavy atom. The first kappa shape index (κ1) is 15.7. The van der Waals surface area contributed by atoms with E-state index in [0.29, 0.717) is 17.8 Å². The number of carbonyl (C=O) groups is 1. The third-order valence-electron chi connectivity index (χ3n) is 7.67. The highest BCUT2D eigenvalue weighted by molar-refractivity contribution is 5.71. The fourth-order valence-corrected chi connectivity index (χ4v) is 6.42.